The third kappa shape index (κ3) is 8.23. The molecule has 13 nitrogen and oxygen atoms in total. The second-order valence-electron chi connectivity index (χ2n) is 21.2. The van der Waals surface area contributed by atoms with Gasteiger partial charge >= 0.3 is 5.97 Å². The highest BCUT2D eigenvalue weighted by molar-refractivity contribution is 7.10. The summed E-state index contributed by atoms with van der Waals surface area (Å²) >= 11 is 1.52. The van der Waals surface area contributed by atoms with Crippen LogP contribution in [0.2, 0.25) is 0 Å². The number of amides is 2. The number of hydrazine groups is 1. The van der Waals surface area contributed by atoms with E-state index in [2.05, 4.69) is 105 Å². The number of esters is 1. The van der Waals surface area contributed by atoms with E-state index in [0.717, 1.165) is 78.7 Å². The third-order valence-electron chi connectivity index (χ3n) is 15.7. The smallest absolute Gasteiger partial charge is 0.324 e. The Labute approximate surface area is 387 Å². The largest absolute Gasteiger partial charge is 0.464 e. The van der Waals surface area contributed by atoms with Crippen molar-refractivity contribution in [1.82, 2.24) is 35.2 Å². The van der Waals surface area contributed by atoms with Gasteiger partial charge in [0.1, 0.15) is 12.1 Å². The van der Waals surface area contributed by atoms with Crippen molar-refractivity contribution < 1.29 is 28.6 Å². The normalized spacial score (nSPS) is 30.8. The minimum absolute atomic E-state index is 0.109. The average Bonchev–Trinajstić information content (AvgIpc) is 3.55. The molecule has 65 heavy (non-hydrogen) atoms. The Balaban J connectivity index is 1.08. The highest BCUT2D eigenvalue weighted by Gasteiger charge is 2.50. The van der Waals surface area contributed by atoms with Crippen molar-refractivity contribution in [2.45, 2.75) is 142 Å². The van der Waals surface area contributed by atoms with Gasteiger partial charge < -0.3 is 24.1 Å². The van der Waals surface area contributed by atoms with Crippen LogP contribution in [0.1, 0.15) is 121 Å². The van der Waals surface area contributed by atoms with Gasteiger partial charge in [-0.15, -0.1) is 11.3 Å². The van der Waals surface area contributed by atoms with E-state index in [4.69, 9.17) is 24.2 Å². The van der Waals surface area contributed by atoms with Crippen molar-refractivity contribution in [2.24, 2.45) is 23.2 Å². The topological polar surface area (TPSA) is 140 Å². The molecule has 3 aromatic heterocycles. The molecule has 4 aromatic rings. The van der Waals surface area contributed by atoms with Crippen LogP contribution >= 0.6 is 11.3 Å². The molecule has 0 radical (unpaired) electrons. The first-order valence-corrected chi connectivity index (χ1v) is 25.2. The molecule has 348 valence electrons. The second-order valence-corrected chi connectivity index (χ2v) is 22.1. The number of fused-ring (bicyclic) bond motifs is 8. The van der Waals surface area contributed by atoms with Gasteiger partial charge in [-0.25, -0.2) is 10.4 Å². The number of nitrogens with zero attached hydrogens (tertiary/aromatic N) is 5. The number of piperidine rings is 1. The van der Waals surface area contributed by atoms with Crippen LogP contribution in [0.15, 0.2) is 35.8 Å². The maximum atomic E-state index is 14.5. The molecule has 5 fully saturated rings. The summed E-state index contributed by atoms with van der Waals surface area (Å²) < 4.78 is 20.5. The number of carbonyl (C=O) groups is 3. The zero-order valence-electron chi connectivity index (χ0n) is 39.4. The summed E-state index contributed by atoms with van der Waals surface area (Å²) in [4.78, 5) is 55.4. The molecule has 10 rings (SSSR count). The van der Waals surface area contributed by atoms with E-state index in [1.807, 2.05) is 6.92 Å². The van der Waals surface area contributed by atoms with Crippen molar-refractivity contribution >= 4 is 40.0 Å². The molecule has 8 bridgehead atoms. The molecule has 5 aliphatic heterocycles. The van der Waals surface area contributed by atoms with Gasteiger partial charge in [0.2, 0.25) is 5.91 Å². The third-order valence-corrected chi connectivity index (χ3v) is 16.8. The Hall–Kier alpha value is -4.21. The number of hydrogen-bond donors (Lipinski definition) is 2. The van der Waals surface area contributed by atoms with Gasteiger partial charge in [-0.05, 0) is 92.0 Å². The van der Waals surface area contributed by atoms with Gasteiger partial charge in [-0.1, -0.05) is 54.5 Å². The maximum absolute atomic E-state index is 14.5. The van der Waals surface area contributed by atoms with E-state index in [1.165, 1.54) is 38.7 Å². The molecular formula is C51H67N7O6S. The second kappa shape index (κ2) is 17.5. The lowest BCUT2D eigenvalue weighted by Crippen LogP contribution is -2.64. The first kappa shape index (κ1) is 44.6. The van der Waals surface area contributed by atoms with Crippen molar-refractivity contribution in [1.29, 1.82) is 0 Å². The average molecular weight is 906 g/mol. The van der Waals surface area contributed by atoms with Crippen molar-refractivity contribution in [3.05, 3.63) is 57.7 Å². The summed E-state index contributed by atoms with van der Waals surface area (Å²) in [6.07, 6.45) is 6.03. The molecule has 1 aliphatic carbocycles. The molecule has 2 amide bonds. The first-order valence-electron chi connectivity index (χ1n) is 24.3. The van der Waals surface area contributed by atoms with Crippen molar-refractivity contribution in [3.8, 4) is 22.5 Å². The molecule has 0 spiro atoms. The lowest BCUT2D eigenvalue weighted by Gasteiger charge is -2.53. The van der Waals surface area contributed by atoms with Gasteiger partial charge in [0.05, 0.1) is 61.2 Å². The van der Waals surface area contributed by atoms with E-state index in [0.29, 0.717) is 49.9 Å². The number of morpholine rings is 1. The molecule has 2 unspecified atom stereocenters. The molecule has 1 aromatic carbocycles. The summed E-state index contributed by atoms with van der Waals surface area (Å²) in [6.45, 7) is 21.7. The van der Waals surface area contributed by atoms with Crippen LogP contribution in [0, 0.1) is 23.2 Å². The van der Waals surface area contributed by atoms with Gasteiger partial charge in [0.15, 0.2) is 0 Å². The van der Waals surface area contributed by atoms with Crippen LogP contribution in [0.5, 0.6) is 0 Å². The molecule has 8 heterocycles. The first-order chi connectivity index (χ1) is 31.2. The maximum Gasteiger partial charge on any atom is 0.324 e. The summed E-state index contributed by atoms with van der Waals surface area (Å²) in [5.74, 6) is -0.245. The molecular weight excluding hydrogens is 839 g/mol. The van der Waals surface area contributed by atoms with E-state index in [9.17, 15) is 14.4 Å². The Bertz CT molecular complexity index is 2450. The predicted molar refractivity (Wildman–Crippen MR) is 251 cm³/mol. The van der Waals surface area contributed by atoms with Gasteiger partial charge in [-0.3, -0.25) is 29.3 Å². The number of pyridine rings is 1. The lowest BCUT2D eigenvalue weighted by atomic mass is 9.79. The number of aromatic nitrogens is 3. The van der Waals surface area contributed by atoms with E-state index in [1.54, 1.807) is 0 Å². The van der Waals surface area contributed by atoms with Crippen LogP contribution in [0.25, 0.3) is 33.4 Å². The number of aryl methyl sites for hydroxylation is 1. The van der Waals surface area contributed by atoms with E-state index < -0.39 is 23.4 Å². The van der Waals surface area contributed by atoms with Crippen LogP contribution in [-0.4, -0.2) is 112 Å². The standard InChI is InChI=1S/C51H67N7O6S/c1-9-56-42-13-12-31-17-37(42)39(46(56)38-18-33(20-52-44(38)27(2)3)32-15-34-21-62-22-35(16-32)58(34)36-23-63-24-36)19-51(7,8)26-64-50(61)40-11-10-14-57(55-40)49(60)45(30(6)48-53-41(31)25-65-48)54-47(59)43-28(4)29(43)5/h12-13,17-18,20,25,27-30,32,34-36,40,43,45,55H,9-11,14-16,19,21-24,26H2,1-8H3,(H,54,59)/t28-,29+,30-,32?,34-,35+,40-,43?,45-/m0/s1. The quantitative estimate of drug-likeness (QED) is 0.180. The predicted octanol–water partition coefficient (Wildman–Crippen LogP) is 7.43. The molecule has 4 saturated heterocycles. The van der Waals surface area contributed by atoms with Crippen molar-refractivity contribution in [3.63, 3.8) is 0 Å². The molecule has 6 aliphatic rings. The number of carbonyl (C=O) groups excluding carboxylic acids is 3. The zero-order chi connectivity index (χ0) is 45.5. The fourth-order valence-corrected chi connectivity index (χ4v) is 12.6. The fraction of sp³-hybridized carbons (Fsp3) is 0.627. The fourth-order valence-electron chi connectivity index (χ4n) is 11.7. The Morgan fingerprint density at radius 1 is 1.02 bits per heavy atom. The number of hydrogen-bond acceptors (Lipinski definition) is 11. The zero-order valence-corrected chi connectivity index (χ0v) is 40.2. The highest BCUT2D eigenvalue weighted by Crippen LogP contribution is 2.47. The van der Waals surface area contributed by atoms with Crippen molar-refractivity contribution in [2.75, 3.05) is 39.6 Å². The monoisotopic (exact) mass is 905 g/mol. The SMILES string of the molecule is CCn1c(-c2cc(C3C[C@H]4COC[C@@H](C3)N4C3COC3)cnc2C(C)C)c2c3cc(ccc31)-c1csc(n1)[C@@H](C)[C@H](NC(=O)C1[C@@H](C)[C@H]1C)C(=O)N1CCC[C@H](N1)C(=O)OCC(C)(C)C2. The summed E-state index contributed by atoms with van der Waals surface area (Å²) in [5.41, 5.74) is 11.6. The number of ether oxygens (including phenoxy) is 3. The van der Waals surface area contributed by atoms with Crippen LogP contribution in [-0.2, 0) is 41.6 Å². The Morgan fingerprint density at radius 2 is 1.74 bits per heavy atom. The van der Waals surface area contributed by atoms with Gasteiger partial charge in [-0.2, -0.15) is 0 Å². The summed E-state index contributed by atoms with van der Waals surface area (Å²) in [5, 5.41) is 8.67. The Kier molecular flexibility index (Phi) is 12.0. The minimum atomic E-state index is -0.867. The number of thiazole rings is 1. The summed E-state index contributed by atoms with van der Waals surface area (Å²) in [7, 11) is 0. The molecule has 9 atom stereocenters. The molecule has 2 N–H and O–H groups in total. The number of nitrogens with one attached hydrogen (secondary N) is 2. The van der Waals surface area contributed by atoms with Crippen LogP contribution < -0.4 is 10.7 Å². The number of rotatable bonds is 7. The van der Waals surface area contributed by atoms with Gasteiger partial charge in [0.25, 0.3) is 5.91 Å². The number of cyclic esters (lactones) is 1. The highest BCUT2D eigenvalue weighted by atomic mass is 32.1. The van der Waals surface area contributed by atoms with Crippen LogP contribution in [0.3, 0.4) is 0 Å². The summed E-state index contributed by atoms with van der Waals surface area (Å²) in [6, 6.07) is 8.79. The minimum Gasteiger partial charge on any atom is -0.464 e. The van der Waals surface area contributed by atoms with Gasteiger partial charge in [0, 0.05) is 76.0 Å². The molecule has 14 heteroatoms. The number of benzene rings is 1. The van der Waals surface area contributed by atoms with E-state index in [-0.39, 0.29) is 48.1 Å². The van der Waals surface area contributed by atoms with E-state index >= 15 is 0 Å². The lowest BCUT2D eigenvalue weighted by molar-refractivity contribution is -0.159. The Morgan fingerprint density at radius 3 is 2.42 bits per heavy atom. The molecule has 1 saturated carbocycles. The van der Waals surface area contributed by atoms with Crippen LogP contribution in [0.4, 0.5) is 0 Å².